The molecule has 11 heteroatoms. The van der Waals surface area contributed by atoms with Gasteiger partial charge in [0.05, 0.1) is 16.1 Å². The standard InChI is InChI=1S/C23H23F3N2O4S2/c24-17-18(25)22(34(27,31)32)20(28-16-6-4-2-1-3-5-7-16)19(26)21(17)33-13-12-14-8-10-15(11-9-14)23(29)30/h1-2,5,7-11,16,28H,3-4,6,12-13H2,(H,29,30)(H2,27,31,32)/b2-1-,7-5-/t16-/m0/s1. The summed E-state index contributed by atoms with van der Waals surface area (Å²) in [7, 11) is -4.78. The number of carboxylic acids is 1. The van der Waals surface area contributed by atoms with Crippen LogP contribution < -0.4 is 10.5 Å². The summed E-state index contributed by atoms with van der Waals surface area (Å²) in [6.45, 7) is 0. The number of carbonyl (C=O) groups is 1. The molecule has 6 nitrogen and oxygen atoms in total. The number of nitrogens with two attached hydrogens (primary N) is 1. The molecule has 0 aliphatic heterocycles. The first-order valence-corrected chi connectivity index (χ1v) is 12.9. The average molecular weight is 513 g/mol. The molecule has 2 aromatic rings. The number of primary sulfonamides is 1. The van der Waals surface area contributed by atoms with Crippen LogP contribution >= 0.6 is 11.8 Å². The molecule has 0 amide bonds. The van der Waals surface area contributed by atoms with Crippen LogP contribution in [0, 0.1) is 17.5 Å². The molecule has 0 spiro atoms. The van der Waals surface area contributed by atoms with E-state index in [0.717, 1.165) is 0 Å². The first-order valence-electron chi connectivity index (χ1n) is 10.4. The second-order valence-corrected chi connectivity index (χ2v) is 10.2. The van der Waals surface area contributed by atoms with Gasteiger partial charge in [0.15, 0.2) is 17.5 Å². The zero-order valence-electron chi connectivity index (χ0n) is 17.9. The summed E-state index contributed by atoms with van der Waals surface area (Å²) in [6.07, 6.45) is 9.43. The highest BCUT2D eigenvalue weighted by molar-refractivity contribution is 7.99. The van der Waals surface area contributed by atoms with E-state index in [4.69, 9.17) is 10.2 Å². The normalized spacial score (nSPS) is 18.1. The molecular formula is C23H23F3N2O4S2. The number of nitrogens with one attached hydrogen (secondary N) is 1. The second-order valence-electron chi connectivity index (χ2n) is 7.58. The number of sulfonamides is 1. The Balaban J connectivity index is 1.89. The predicted molar refractivity (Wildman–Crippen MR) is 125 cm³/mol. The van der Waals surface area contributed by atoms with Crippen LogP contribution in [0.5, 0.6) is 0 Å². The van der Waals surface area contributed by atoms with E-state index in [0.29, 0.717) is 43.0 Å². The highest BCUT2D eigenvalue weighted by Gasteiger charge is 2.31. The van der Waals surface area contributed by atoms with Crippen molar-refractivity contribution in [2.45, 2.75) is 41.5 Å². The number of aromatic carboxylic acids is 1. The number of aryl methyl sites for hydroxylation is 1. The number of thioether (sulfide) groups is 1. The second kappa shape index (κ2) is 11.1. The highest BCUT2D eigenvalue weighted by Crippen LogP contribution is 2.38. The third-order valence-corrected chi connectivity index (χ3v) is 7.15. The number of halogens is 3. The van der Waals surface area contributed by atoms with Crippen molar-refractivity contribution in [1.29, 1.82) is 0 Å². The molecule has 182 valence electrons. The summed E-state index contributed by atoms with van der Waals surface area (Å²) in [5.74, 6) is -5.56. The molecular weight excluding hydrogens is 489 g/mol. The first kappa shape index (κ1) is 25.9. The minimum Gasteiger partial charge on any atom is -0.478 e. The Morgan fingerprint density at radius 2 is 1.79 bits per heavy atom. The van der Waals surface area contributed by atoms with Crippen LogP contribution in [0.4, 0.5) is 18.9 Å². The molecule has 0 radical (unpaired) electrons. The fourth-order valence-electron chi connectivity index (χ4n) is 3.44. The Morgan fingerprint density at radius 3 is 2.44 bits per heavy atom. The number of rotatable bonds is 8. The van der Waals surface area contributed by atoms with Gasteiger partial charge in [0, 0.05) is 11.8 Å². The quantitative estimate of drug-likeness (QED) is 0.265. The zero-order chi connectivity index (χ0) is 24.9. The van der Waals surface area contributed by atoms with Crippen molar-refractivity contribution in [1.82, 2.24) is 0 Å². The van der Waals surface area contributed by atoms with Gasteiger partial charge in [-0.15, -0.1) is 11.8 Å². The number of carboxylic acid groups (broad SMARTS) is 1. The van der Waals surface area contributed by atoms with Gasteiger partial charge in [0.2, 0.25) is 10.0 Å². The van der Waals surface area contributed by atoms with Crippen LogP contribution in [0.15, 0.2) is 58.4 Å². The smallest absolute Gasteiger partial charge is 0.335 e. The van der Waals surface area contributed by atoms with Crippen molar-refractivity contribution in [2.75, 3.05) is 11.1 Å². The van der Waals surface area contributed by atoms with E-state index < -0.39 is 55.0 Å². The van der Waals surface area contributed by atoms with E-state index in [9.17, 15) is 22.0 Å². The Morgan fingerprint density at radius 1 is 1.09 bits per heavy atom. The van der Waals surface area contributed by atoms with Gasteiger partial charge >= 0.3 is 5.97 Å². The van der Waals surface area contributed by atoms with Gasteiger partial charge in [-0.2, -0.15) is 0 Å². The number of benzene rings is 2. The van der Waals surface area contributed by atoms with Crippen molar-refractivity contribution < 1.29 is 31.5 Å². The van der Waals surface area contributed by atoms with E-state index >= 15 is 4.39 Å². The molecule has 0 saturated carbocycles. The lowest BCUT2D eigenvalue weighted by molar-refractivity contribution is 0.0697. The fourth-order valence-corrected chi connectivity index (χ4v) is 5.20. The van der Waals surface area contributed by atoms with Crippen LogP contribution in [0.1, 0.15) is 35.2 Å². The predicted octanol–water partition coefficient (Wildman–Crippen LogP) is 4.86. The van der Waals surface area contributed by atoms with Gasteiger partial charge in [0.25, 0.3) is 0 Å². The minimum atomic E-state index is -4.78. The molecule has 0 fully saturated rings. The number of hydrogen-bond acceptors (Lipinski definition) is 5. The highest BCUT2D eigenvalue weighted by atomic mass is 32.2. The minimum absolute atomic E-state index is 0.101. The van der Waals surface area contributed by atoms with E-state index in [1.54, 1.807) is 24.3 Å². The van der Waals surface area contributed by atoms with Gasteiger partial charge in [-0.1, -0.05) is 36.4 Å². The van der Waals surface area contributed by atoms with Crippen LogP contribution in [-0.2, 0) is 16.4 Å². The molecule has 0 aromatic heterocycles. The van der Waals surface area contributed by atoms with Gasteiger partial charge in [0.1, 0.15) is 4.90 Å². The maximum Gasteiger partial charge on any atom is 0.335 e. The van der Waals surface area contributed by atoms with E-state index in [1.807, 2.05) is 12.2 Å². The molecule has 1 aliphatic rings. The van der Waals surface area contributed by atoms with Crippen molar-refractivity contribution >= 4 is 33.4 Å². The molecule has 0 saturated heterocycles. The van der Waals surface area contributed by atoms with Crippen molar-refractivity contribution in [3.63, 3.8) is 0 Å². The molecule has 0 heterocycles. The summed E-state index contributed by atoms with van der Waals surface area (Å²) in [5.41, 5.74) is 0.114. The molecule has 0 unspecified atom stereocenters. The van der Waals surface area contributed by atoms with Gasteiger partial charge in [-0.3, -0.25) is 0 Å². The Kier molecular flexibility index (Phi) is 8.45. The summed E-state index contributed by atoms with van der Waals surface area (Å²) >= 11 is 0.685. The number of allylic oxidation sites excluding steroid dienone is 3. The molecule has 34 heavy (non-hydrogen) atoms. The monoisotopic (exact) mass is 512 g/mol. The third-order valence-electron chi connectivity index (χ3n) is 5.14. The lowest BCUT2D eigenvalue weighted by Crippen LogP contribution is -2.24. The molecule has 2 aromatic carbocycles. The van der Waals surface area contributed by atoms with Crippen LogP contribution in [0.2, 0.25) is 0 Å². The molecule has 1 aliphatic carbocycles. The van der Waals surface area contributed by atoms with Gasteiger partial charge in [-0.05, 0) is 43.4 Å². The summed E-state index contributed by atoms with van der Waals surface area (Å²) in [5, 5.41) is 16.7. The molecule has 3 rings (SSSR count). The van der Waals surface area contributed by atoms with Crippen LogP contribution in [-0.4, -0.2) is 31.3 Å². The average Bonchev–Trinajstić information content (AvgIpc) is 2.75. The number of anilines is 1. The largest absolute Gasteiger partial charge is 0.478 e. The van der Waals surface area contributed by atoms with Crippen molar-refractivity contribution in [3.8, 4) is 0 Å². The molecule has 1 atom stereocenters. The molecule has 4 N–H and O–H groups in total. The van der Waals surface area contributed by atoms with Crippen LogP contribution in [0.3, 0.4) is 0 Å². The van der Waals surface area contributed by atoms with Crippen LogP contribution in [0.25, 0.3) is 0 Å². The van der Waals surface area contributed by atoms with Crippen molar-refractivity contribution in [3.05, 3.63) is 77.1 Å². The molecule has 0 bridgehead atoms. The Hall–Kier alpha value is -2.76. The van der Waals surface area contributed by atoms with E-state index in [-0.39, 0.29) is 11.3 Å². The van der Waals surface area contributed by atoms with Gasteiger partial charge < -0.3 is 10.4 Å². The topological polar surface area (TPSA) is 109 Å². The van der Waals surface area contributed by atoms with Crippen molar-refractivity contribution in [2.24, 2.45) is 5.14 Å². The first-order chi connectivity index (χ1) is 16.1. The lowest BCUT2D eigenvalue weighted by atomic mass is 10.1. The van der Waals surface area contributed by atoms with E-state index in [1.165, 1.54) is 12.1 Å². The Labute approximate surface area is 199 Å². The summed E-state index contributed by atoms with van der Waals surface area (Å²) in [4.78, 5) is 9.03. The SMILES string of the molecule is NS(=O)(=O)c1c(F)c(F)c(SCCc2ccc(C(=O)O)cc2)c(F)c1N[C@@H]1/C=C\C/C=C\CC1. The number of hydrogen-bond donors (Lipinski definition) is 3. The Bertz CT molecular complexity index is 1230. The summed E-state index contributed by atoms with van der Waals surface area (Å²) in [6, 6.07) is 5.44. The van der Waals surface area contributed by atoms with E-state index in [2.05, 4.69) is 5.32 Å². The maximum absolute atomic E-state index is 15.4. The zero-order valence-corrected chi connectivity index (χ0v) is 19.6. The lowest BCUT2D eigenvalue weighted by Gasteiger charge is -2.21. The van der Waals surface area contributed by atoms with Gasteiger partial charge in [-0.25, -0.2) is 31.5 Å². The third kappa shape index (κ3) is 6.22. The fraction of sp³-hybridized carbons (Fsp3) is 0.261. The summed E-state index contributed by atoms with van der Waals surface area (Å²) < 4.78 is 69.0. The maximum atomic E-state index is 15.4.